The average molecular weight is 395 g/mol. The molecule has 0 aliphatic carbocycles. The van der Waals surface area contributed by atoms with Crippen LogP contribution in [0.15, 0.2) is 42.6 Å². The number of fused-ring (bicyclic) bond motifs is 1. The van der Waals surface area contributed by atoms with Gasteiger partial charge >= 0.3 is 6.03 Å². The molecule has 3 N–H and O–H groups in total. The predicted molar refractivity (Wildman–Crippen MR) is 106 cm³/mol. The predicted octanol–water partition coefficient (Wildman–Crippen LogP) is 2.41. The zero-order valence-corrected chi connectivity index (χ0v) is 16.3. The van der Waals surface area contributed by atoms with E-state index in [1.54, 1.807) is 29.0 Å². The van der Waals surface area contributed by atoms with Crippen molar-refractivity contribution in [2.45, 2.75) is 19.0 Å². The summed E-state index contributed by atoms with van der Waals surface area (Å²) in [6.07, 6.45) is 1.75. The summed E-state index contributed by atoms with van der Waals surface area (Å²) in [7, 11) is 3.01. The summed E-state index contributed by atoms with van der Waals surface area (Å²) in [5, 5.41) is 17.3. The summed E-state index contributed by atoms with van der Waals surface area (Å²) >= 11 is 0. The summed E-state index contributed by atoms with van der Waals surface area (Å²) in [5.74, 6) is 0.452. The summed E-state index contributed by atoms with van der Waals surface area (Å²) < 4.78 is 12.2. The molecule has 2 aromatic carbocycles. The first-order chi connectivity index (χ1) is 13.9. The summed E-state index contributed by atoms with van der Waals surface area (Å²) in [4.78, 5) is 25.0. The number of aromatic nitrogens is 1. The maximum Gasteiger partial charge on any atom is 0.322 e. The molecule has 0 bridgehead atoms. The number of nitrogens with one attached hydrogen (secondary N) is 2. The van der Waals surface area contributed by atoms with Crippen LogP contribution in [-0.4, -0.2) is 35.8 Å². The quantitative estimate of drug-likeness (QED) is 0.576. The second kappa shape index (κ2) is 6.73. The van der Waals surface area contributed by atoms with Crippen LogP contribution < -0.4 is 20.1 Å². The molecule has 4 rings (SSSR count). The molecule has 3 amide bonds. The largest absolute Gasteiger partial charge is 0.497 e. The smallest absolute Gasteiger partial charge is 0.322 e. The molecule has 2 heterocycles. The summed E-state index contributed by atoms with van der Waals surface area (Å²) in [6.45, 7) is 1.92. The van der Waals surface area contributed by atoms with Crippen molar-refractivity contribution in [1.82, 2.24) is 15.2 Å². The lowest BCUT2D eigenvalue weighted by molar-refractivity contribution is -0.124. The lowest BCUT2D eigenvalue weighted by Gasteiger charge is -2.28. The van der Waals surface area contributed by atoms with Crippen molar-refractivity contribution in [1.29, 1.82) is 0 Å². The Morgan fingerprint density at radius 1 is 1.07 bits per heavy atom. The van der Waals surface area contributed by atoms with Crippen LogP contribution in [0.4, 0.5) is 4.79 Å². The van der Waals surface area contributed by atoms with Crippen LogP contribution in [-0.2, 0) is 16.9 Å². The highest BCUT2D eigenvalue weighted by atomic mass is 16.5. The van der Waals surface area contributed by atoms with Crippen molar-refractivity contribution in [3.05, 3.63) is 53.7 Å². The van der Waals surface area contributed by atoms with E-state index < -0.39 is 17.5 Å². The fraction of sp³-hybridized carbons (Fsp3) is 0.238. The van der Waals surface area contributed by atoms with Gasteiger partial charge in [0.1, 0.15) is 11.5 Å². The van der Waals surface area contributed by atoms with Gasteiger partial charge in [-0.25, -0.2) is 4.79 Å². The molecule has 0 spiro atoms. The van der Waals surface area contributed by atoms with E-state index in [4.69, 9.17) is 9.47 Å². The van der Waals surface area contributed by atoms with E-state index >= 15 is 0 Å². The Hall–Kier alpha value is -3.68. The fourth-order valence-corrected chi connectivity index (χ4v) is 3.69. The lowest BCUT2D eigenvalue weighted by atomic mass is 9.89. The number of amides is 3. The second-order valence-electron chi connectivity index (χ2n) is 7.09. The van der Waals surface area contributed by atoms with Gasteiger partial charge in [0.2, 0.25) is 0 Å². The maximum atomic E-state index is 12.9. The van der Waals surface area contributed by atoms with E-state index in [2.05, 4.69) is 10.6 Å². The minimum absolute atomic E-state index is 0.0134. The van der Waals surface area contributed by atoms with Gasteiger partial charge in [0, 0.05) is 23.0 Å². The van der Waals surface area contributed by atoms with Gasteiger partial charge in [0.05, 0.1) is 20.8 Å². The Morgan fingerprint density at radius 2 is 1.76 bits per heavy atom. The normalized spacial score (nSPS) is 18.6. The van der Waals surface area contributed by atoms with E-state index in [-0.39, 0.29) is 12.4 Å². The van der Waals surface area contributed by atoms with E-state index in [1.807, 2.05) is 25.1 Å². The Morgan fingerprint density at radius 3 is 2.34 bits per heavy atom. The minimum atomic E-state index is -1.44. The first-order valence-corrected chi connectivity index (χ1v) is 9.02. The molecule has 1 aliphatic rings. The summed E-state index contributed by atoms with van der Waals surface area (Å²) in [6, 6.07) is 10.1. The third-order valence-electron chi connectivity index (χ3n) is 5.21. The number of ether oxygens (including phenoxy) is 2. The van der Waals surface area contributed by atoms with Crippen LogP contribution in [0, 0.1) is 6.92 Å². The number of carbonyl (C=O) groups excluding carboxylic acids is 2. The highest BCUT2D eigenvalue weighted by Gasteiger charge is 2.49. The highest BCUT2D eigenvalue weighted by Crippen LogP contribution is 2.36. The van der Waals surface area contributed by atoms with Crippen molar-refractivity contribution < 1.29 is 24.2 Å². The van der Waals surface area contributed by atoms with Crippen molar-refractivity contribution in [2.75, 3.05) is 14.2 Å². The highest BCUT2D eigenvalue weighted by molar-refractivity contribution is 6.07. The number of nitrogens with zero attached hydrogens (tertiary/aromatic N) is 1. The second-order valence-corrected chi connectivity index (χ2v) is 7.09. The van der Waals surface area contributed by atoms with Gasteiger partial charge in [0.15, 0.2) is 11.4 Å². The first-order valence-electron chi connectivity index (χ1n) is 9.02. The topological polar surface area (TPSA) is 102 Å². The van der Waals surface area contributed by atoms with Crippen LogP contribution in [0.2, 0.25) is 0 Å². The lowest BCUT2D eigenvalue weighted by Crippen LogP contribution is -2.47. The molecule has 8 heteroatoms. The zero-order valence-electron chi connectivity index (χ0n) is 16.3. The number of hydrogen-bond donors (Lipinski definition) is 3. The van der Waals surface area contributed by atoms with Crippen molar-refractivity contribution in [3.63, 3.8) is 0 Å². The molecule has 0 radical (unpaired) electrons. The van der Waals surface area contributed by atoms with E-state index in [1.165, 1.54) is 14.2 Å². The average Bonchev–Trinajstić information content (AvgIpc) is 3.17. The van der Waals surface area contributed by atoms with Crippen LogP contribution in [0.25, 0.3) is 10.8 Å². The molecule has 1 aliphatic heterocycles. The van der Waals surface area contributed by atoms with Gasteiger partial charge in [-0.1, -0.05) is 17.7 Å². The molecule has 1 fully saturated rings. The van der Waals surface area contributed by atoms with E-state index in [9.17, 15) is 14.7 Å². The number of urea groups is 1. The SMILES string of the molecule is COc1cc(OC)cc(C2(Cn3cc4ccc(C)cc4c3O)NC(=O)NC2=O)c1. The minimum Gasteiger partial charge on any atom is -0.497 e. The number of methoxy groups -OCH3 is 2. The molecule has 1 unspecified atom stereocenters. The number of benzene rings is 2. The molecule has 1 aromatic heterocycles. The maximum absolute atomic E-state index is 12.9. The third-order valence-corrected chi connectivity index (χ3v) is 5.21. The Bertz CT molecular complexity index is 1110. The van der Waals surface area contributed by atoms with Crippen molar-refractivity contribution in [2.24, 2.45) is 0 Å². The van der Waals surface area contributed by atoms with Crippen LogP contribution in [0.5, 0.6) is 17.4 Å². The van der Waals surface area contributed by atoms with Gasteiger partial charge in [0.25, 0.3) is 5.91 Å². The number of imide groups is 1. The Kier molecular flexibility index (Phi) is 4.34. The summed E-state index contributed by atoms with van der Waals surface area (Å²) in [5.41, 5.74) is 0.0376. The van der Waals surface area contributed by atoms with Crippen molar-refractivity contribution >= 4 is 22.7 Å². The van der Waals surface area contributed by atoms with E-state index in [0.29, 0.717) is 22.4 Å². The number of aryl methyl sites for hydroxylation is 1. The molecule has 29 heavy (non-hydrogen) atoms. The molecular weight excluding hydrogens is 374 g/mol. The molecule has 8 nitrogen and oxygen atoms in total. The van der Waals surface area contributed by atoms with Crippen LogP contribution in [0.3, 0.4) is 0 Å². The van der Waals surface area contributed by atoms with Gasteiger partial charge in [-0.2, -0.15) is 0 Å². The van der Waals surface area contributed by atoms with Gasteiger partial charge in [-0.05, 0) is 30.7 Å². The van der Waals surface area contributed by atoms with Gasteiger partial charge in [-0.15, -0.1) is 0 Å². The van der Waals surface area contributed by atoms with Crippen molar-refractivity contribution in [3.8, 4) is 17.4 Å². The standard InChI is InChI=1S/C21H21N3O5/c1-12-4-5-13-10-24(18(25)17(13)6-12)11-21(19(26)22-20(27)23-21)14-7-15(28-2)9-16(8-14)29-3/h4-10,25H,11H2,1-3H3,(H2,22,23,26,27). The molecule has 0 saturated carbocycles. The number of carbonyl (C=O) groups is 2. The third kappa shape index (κ3) is 3.02. The molecule has 1 atom stereocenters. The number of hydrogen-bond acceptors (Lipinski definition) is 5. The zero-order chi connectivity index (χ0) is 20.8. The molecule has 1 saturated heterocycles. The van der Waals surface area contributed by atoms with Crippen LogP contribution in [0.1, 0.15) is 11.1 Å². The van der Waals surface area contributed by atoms with Gasteiger partial charge in [-0.3, -0.25) is 10.1 Å². The van der Waals surface area contributed by atoms with E-state index in [0.717, 1.165) is 10.9 Å². The molecular formula is C21H21N3O5. The molecule has 3 aromatic rings. The first kappa shape index (κ1) is 18.7. The number of rotatable bonds is 5. The Labute approximate surface area is 167 Å². The fourth-order valence-electron chi connectivity index (χ4n) is 3.69. The Balaban J connectivity index is 1.87. The van der Waals surface area contributed by atoms with Gasteiger partial charge < -0.3 is 24.5 Å². The monoisotopic (exact) mass is 395 g/mol. The molecule has 150 valence electrons. The number of aromatic hydroxyl groups is 1. The van der Waals surface area contributed by atoms with Crippen LogP contribution >= 0.6 is 0 Å².